The van der Waals surface area contributed by atoms with Crippen molar-refractivity contribution < 1.29 is 4.79 Å². The van der Waals surface area contributed by atoms with Crippen LogP contribution in [0.2, 0.25) is 0 Å². The standard InChI is InChI=1S/C16H24N2O/c1-15(2,3)13-12-9-17-8-7-11(12)10-18(14(13)19)16(4,5)6/h7-9,13H,10H2,1-6H3. The van der Waals surface area contributed by atoms with Crippen LogP contribution in [0.5, 0.6) is 0 Å². The van der Waals surface area contributed by atoms with Crippen LogP contribution in [0.15, 0.2) is 18.5 Å². The average molecular weight is 260 g/mol. The third kappa shape index (κ3) is 2.51. The van der Waals surface area contributed by atoms with Gasteiger partial charge in [-0.3, -0.25) is 9.78 Å². The van der Waals surface area contributed by atoms with Crippen LogP contribution in [-0.2, 0) is 11.3 Å². The number of carbonyl (C=O) groups excluding carboxylic acids is 1. The number of hydrogen-bond donors (Lipinski definition) is 0. The molecule has 2 heterocycles. The molecule has 1 unspecified atom stereocenters. The minimum Gasteiger partial charge on any atom is -0.333 e. The summed E-state index contributed by atoms with van der Waals surface area (Å²) in [6.07, 6.45) is 3.68. The molecule has 3 heteroatoms. The molecule has 104 valence electrons. The van der Waals surface area contributed by atoms with E-state index in [0.29, 0.717) is 6.54 Å². The fourth-order valence-corrected chi connectivity index (χ4v) is 2.78. The predicted molar refractivity (Wildman–Crippen MR) is 76.7 cm³/mol. The maximum absolute atomic E-state index is 12.9. The van der Waals surface area contributed by atoms with Crippen LogP contribution in [0, 0.1) is 5.41 Å². The smallest absolute Gasteiger partial charge is 0.231 e. The lowest BCUT2D eigenvalue weighted by atomic mass is 9.72. The Morgan fingerprint density at radius 2 is 1.84 bits per heavy atom. The van der Waals surface area contributed by atoms with Crippen molar-refractivity contribution in [3.8, 4) is 0 Å². The molecule has 1 aromatic heterocycles. The van der Waals surface area contributed by atoms with E-state index in [2.05, 4.69) is 46.5 Å². The average Bonchev–Trinajstić information content (AvgIpc) is 2.24. The summed E-state index contributed by atoms with van der Waals surface area (Å²) in [5.41, 5.74) is 2.07. The highest BCUT2D eigenvalue weighted by atomic mass is 16.2. The summed E-state index contributed by atoms with van der Waals surface area (Å²) >= 11 is 0. The first-order chi connectivity index (χ1) is 8.62. The van der Waals surface area contributed by atoms with E-state index >= 15 is 0 Å². The summed E-state index contributed by atoms with van der Waals surface area (Å²) in [5, 5.41) is 0. The SMILES string of the molecule is CC(C)(C)C1C(=O)N(C(C)(C)C)Cc2ccncc21. The van der Waals surface area contributed by atoms with Gasteiger partial charge in [-0.1, -0.05) is 20.8 Å². The lowest BCUT2D eigenvalue weighted by Gasteiger charge is -2.45. The van der Waals surface area contributed by atoms with E-state index < -0.39 is 0 Å². The molecule has 0 fully saturated rings. The molecular weight excluding hydrogens is 236 g/mol. The third-order valence-corrected chi connectivity index (χ3v) is 3.77. The zero-order valence-corrected chi connectivity index (χ0v) is 12.8. The van der Waals surface area contributed by atoms with E-state index in [-0.39, 0.29) is 22.8 Å². The number of rotatable bonds is 0. The molecule has 1 aromatic rings. The summed E-state index contributed by atoms with van der Waals surface area (Å²) in [6, 6.07) is 2.04. The van der Waals surface area contributed by atoms with Gasteiger partial charge >= 0.3 is 0 Å². The number of nitrogens with zero attached hydrogens (tertiary/aromatic N) is 2. The number of aromatic nitrogens is 1. The van der Waals surface area contributed by atoms with E-state index in [1.54, 1.807) is 0 Å². The van der Waals surface area contributed by atoms with Crippen molar-refractivity contribution >= 4 is 5.91 Å². The van der Waals surface area contributed by atoms with Gasteiger partial charge in [-0.15, -0.1) is 0 Å². The van der Waals surface area contributed by atoms with Gasteiger partial charge in [-0.2, -0.15) is 0 Å². The van der Waals surface area contributed by atoms with Crippen LogP contribution < -0.4 is 0 Å². The van der Waals surface area contributed by atoms with Crippen molar-refractivity contribution in [2.75, 3.05) is 0 Å². The Labute approximate surface area is 116 Å². The zero-order valence-electron chi connectivity index (χ0n) is 12.8. The van der Waals surface area contributed by atoms with E-state index in [1.165, 1.54) is 5.56 Å². The summed E-state index contributed by atoms with van der Waals surface area (Å²) < 4.78 is 0. The summed E-state index contributed by atoms with van der Waals surface area (Å²) in [5.74, 6) is 0.115. The molecule has 1 atom stereocenters. The quantitative estimate of drug-likeness (QED) is 0.716. The second-order valence-corrected chi connectivity index (χ2v) is 7.47. The second kappa shape index (κ2) is 4.32. The predicted octanol–water partition coefficient (Wildman–Crippen LogP) is 3.35. The fourth-order valence-electron chi connectivity index (χ4n) is 2.78. The minimum absolute atomic E-state index is 0.0984. The van der Waals surface area contributed by atoms with Gasteiger partial charge in [0, 0.05) is 24.5 Å². The summed E-state index contributed by atoms with van der Waals surface area (Å²) in [6.45, 7) is 13.3. The van der Waals surface area contributed by atoms with Gasteiger partial charge < -0.3 is 4.90 Å². The van der Waals surface area contributed by atoms with Gasteiger partial charge in [-0.25, -0.2) is 0 Å². The lowest BCUT2D eigenvalue weighted by Crippen LogP contribution is -2.52. The maximum Gasteiger partial charge on any atom is 0.231 e. The van der Waals surface area contributed by atoms with Crippen LogP contribution in [0.3, 0.4) is 0 Å². The van der Waals surface area contributed by atoms with Crippen LogP contribution in [0.1, 0.15) is 58.6 Å². The Morgan fingerprint density at radius 3 is 2.37 bits per heavy atom. The molecule has 2 rings (SSSR count). The molecular formula is C16H24N2O. The number of fused-ring (bicyclic) bond motifs is 1. The Bertz CT molecular complexity index is 494. The van der Waals surface area contributed by atoms with Crippen molar-refractivity contribution in [3.05, 3.63) is 29.6 Å². The molecule has 0 aromatic carbocycles. The van der Waals surface area contributed by atoms with Crippen molar-refractivity contribution in [1.82, 2.24) is 9.88 Å². The normalized spacial score (nSPS) is 20.4. The first-order valence-electron chi connectivity index (χ1n) is 6.86. The van der Waals surface area contributed by atoms with Gasteiger partial charge in [0.25, 0.3) is 0 Å². The molecule has 0 bridgehead atoms. The number of hydrogen-bond acceptors (Lipinski definition) is 2. The molecule has 0 N–H and O–H groups in total. The molecule has 0 saturated carbocycles. The van der Waals surface area contributed by atoms with E-state index in [1.807, 2.05) is 23.4 Å². The Hall–Kier alpha value is -1.38. The molecule has 1 amide bonds. The largest absolute Gasteiger partial charge is 0.333 e. The first kappa shape index (κ1) is 14.0. The Balaban J connectivity index is 2.56. The molecule has 19 heavy (non-hydrogen) atoms. The molecule has 1 aliphatic rings. The third-order valence-electron chi connectivity index (χ3n) is 3.77. The molecule has 1 aliphatic heterocycles. The van der Waals surface area contributed by atoms with Gasteiger partial charge in [0.1, 0.15) is 0 Å². The molecule has 3 nitrogen and oxygen atoms in total. The van der Waals surface area contributed by atoms with Crippen LogP contribution in [0.25, 0.3) is 0 Å². The van der Waals surface area contributed by atoms with Crippen LogP contribution >= 0.6 is 0 Å². The highest BCUT2D eigenvalue weighted by molar-refractivity contribution is 5.87. The lowest BCUT2D eigenvalue weighted by molar-refractivity contribution is -0.142. The number of amides is 1. The fraction of sp³-hybridized carbons (Fsp3) is 0.625. The van der Waals surface area contributed by atoms with Gasteiger partial charge in [0.2, 0.25) is 5.91 Å². The summed E-state index contributed by atoms with van der Waals surface area (Å²) in [4.78, 5) is 19.1. The first-order valence-corrected chi connectivity index (χ1v) is 6.86. The Kier molecular flexibility index (Phi) is 3.20. The van der Waals surface area contributed by atoms with Gasteiger partial charge in [0.05, 0.1) is 5.92 Å². The molecule has 0 aliphatic carbocycles. The van der Waals surface area contributed by atoms with Crippen LogP contribution in [0.4, 0.5) is 0 Å². The summed E-state index contributed by atoms with van der Waals surface area (Å²) in [7, 11) is 0. The Morgan fingerprint density at radius 1 is 1.21 bits per heavy atom. The van der Waals surface area contributed by atoms with E-state index in [0.717, 1.165) is 5.56 Å². The van der Waals surface area contributed by atoms with E-state index in [9.17, 15) is 4.79 Å². The van der Waals surface area contributed by atoms with Gasteiger partial charge in [-0.05, 0) is 43.4 Å². The van der Waals surface area contributed by atoms with Gasteiger partial charge in [0.15, 0.2) is 0 Å². The van der Waals surface area contributed by atoms with Crippen molar-refractivity contribution in [2.24, 2.45) is 5.41 Å². The zero-order chi connectivity index (χ0) is 14.4. The van der Waals surface area contributed by atoms with Crippen molar-refractivity contribution in [2.45, 2.75) is 59.5 Å². The minimum atomic E-state index is -0.151. The monoisotopic (exact) mass is 260 g/mol. The molecule has 0 radical (unpaired) electrons. The van der Waals surface area contributed by atoms with Crippen LogP contribution in [-0.4, -0.2) is 21.3 Å². The second-order valence-electron chi connectivity index (χ2n) is 7.47. The topological polar surface area (TPSA) is 33.2 Å². The number of pyridine rings is 1. The highest BCUT2D eigenvalue weighted by Gasteiger charge is 2.43. The van der Waals surface area contributed by atoms with Crippen molar-refractivity contribution in [1.29, 1.82) is 0 Å². The molecule has 0 spiro atoms. The van der Waals surface area contributed by atoms with Crippen molar-refractivity contribution in [3.63, 3.8) is 0 Å². The number of carbonyl (C=O) groups is 1. The van der Waals surface area contributed by atoms with E-state index in [4.69, 9.17) is 0 Å². The maximum atomic E-state index is 12.9. The highest BCUT2D eigenvalue weighted by Crippen LogP contribution is 2.42. The molecule has 0 saturated heterocycles.